The number of nitrogens with one attached hydrogen (secondary N) is 2. The molecule has 0 bridgehead atoms. The topological polar surface area (TPSA) is 111 Å². The highest BCUT2D eigenvalue weighted by molar-refractivity contribution is 7.92. The highest BCUT2D eigenvalue weighted by Crippen LogP contribution is 2.29. The minimum absolute atomic E-state index is 0.149. The Morgan fingerprint density at radius 3 is 2.47 bits per heavy atom. The summed E-state index contributed by atoms with van der Waals surface area (Å²) in [6.07, 6.45) is 0.0783. The van der Waals surface area contributed by atoms with Crippen molar-refractivity contribution in [3.05, 3.63) is 64.5 Å². The smallest absolute Gasteiger partial charge is 0.387 e. The zero-order valence-electron chi connectivity index (χ0n) is 16.6. The lowest BCUT2D eigenvalue weighted by Crippen LogP contribution is -2.35. The van der Waals surface area contributed by atoms with Gasteiger partial charge in [0.1, 0.15) is 12.3 Å². The molecule has 2 aromatic rings. The number of carbonyl (C=O) groups excluding carboxylic acids is 2. The van der Waals surface area contributed by atoms with Gasteiger partial charge in [-0.2, -0.15) is 8.78 Å². The van der Waals surface area contributed by atoms with Gasteiger partial charge in [0.25, 0.3) is 5.91 Å². The van der Waals surface area contributed by atoms with Gasteiger partial charge in [-0.15, -0.1) is 0 Å². The van der Waals surface area contributed by atoms with Crippen LogP contribution in [-0.2, 0) is 24.3 Å². The van der Waals surface area contributed by atoms with E-state index in [4.69, 9.17) is 16.3 Å². The highest BCUT2D eigenvalue weighted by atomic mass is 35.5. The first kappa shape index (κ1) is 25.2. The molecule has 0 fully saturated rings. The van der Waals surface area contributed by atoms with Gasteiger partial charge in [0, 0.05) is 11.1 Å². The average Bonchev–Trinajstić information content (AvgIpc) is 2.73. The van der Waals surface area contributed by atoms with Crippen LogP contribution in [-0.4, -0.2) is 39.6 Å². The van der Waals surface area contributed by atoms with Crippen LogP contribution in [0.5, 0.6) is 5.75 Å². The molecule has 1 amide bonds. The van der Waals surface area contributed by atoms with E-state index in [0.717, 1.165) is 11.5 Å². The van der Waals surface area contributed by atoms with E-state index in [1.54, 1.807) is 30.3 Å². The fourth-order valence-electron chi connectivity index (χ4n) is 2.25. The first-order chi connectivity index (χ1) is 15.1. The molecule has 1 atom stereocenters. The predicted molar refractivity (Wildman–Crippen MR) is 115 cm³/mol. The van der Waals surface area contributed by atoms with E-state index in [0.29, 0.717) is 5.56 Å². The molecular weight excluding hydrogens is 470 g/mol. The summed E-state index contributed by atoms with van der Waals surface area (Å²) in [4.78, 5) is 24.0. The molecule has 0 saturated heterocycles. The maximum atomic E-state index is 12.3. The Labute approximate surface area is 188 Å². The van der Waals surface area contributed by atoms with Crippen LogP contribution in [0.15, 0.2) is 53.9 Å². The van der Waals surface area contributed by atoms with Gasteiger partial charge in [-0.05, 0) is 36.8 Å². The molecule has 0 radical (unpaired) electrons. The Bertz CT molecular complexity index is 1080. The van der Waals surface area contributed by atoms with Crippen molar-refractivity contribution in [1.82, 2.24) is 4.72 Å². The number of hydrogen-bond donors (Lipinski definition) is 2. The second kappa shape index (κ2) is 11.6. The van der Waals surface area contributed by atoms with E-state index in [9.17, 15) is 26.8 Å². The first-order valence-electron chi connectivity index (χ1n) is 9.03. The van der Waals surface area contributed by atoms with Crippen LogP contribution < -0.4 is 14.8 Å². The number of anilines is 1. The molecular formula is C20H19ClF2N2O6S. The normalized spacial score (nSPS) is 12.5. The van der Waals surface area contributed by atoms with Crippen molar-refractivity contribution >= 4 is 45.3 Å². The second-order valence-corrected chi connectivity index (χ2v) is 8.28. The Hall–Kier alpha value is -3.02. The molecule has 12 heteroatoms. The number of rotatable bonds is 10. The summed E-state index contributed by atoms with van der Waals surface area (Å²) >= 11 is 5.80. The quantitative estimate of drug-likeness (QED) is 0.496. The van der Waals surface area contributed by atoms with Crippen molar-refractivity contribution in [2.24, 2.45) is 0 Å². The third-order valence-corrected chi connectivity index (χ3v) is 5.09. The number of hydrogen-bond acceptors (Lipinski definition) is 6. The molecule has 0 saturated carbocycles. The molecule has 2 aromatic carbocycles. The largest absolute Gasteiger partial charge is 0.452 e. The lowest BCUT2D eigenvalue weighted by atomic mass is 10.2. The van der Waals surface area contributed by atoms with Crippen LogP contribution >= 0.6 is 11.6 Å². The molecule has 32 heavy (non-hydrogen) atoms. The maximum absolute atomic E-state index is 12.3. The molecule has 1 unspecified atom stereocenters. The van der Waals surface area contributed by atoms with Crippen molar-refractivity contribution in [2.45, 2.75) is 19.6 Å². The van der Waals surface area contributed by atoms with Crippen LogP contribution in [0.2, 0.25) is 5.02 Å². The molecule has 0 aromatic heterocycles. The van der Waals surface area contributed by atoms with Gasteiger partial charge in [-0.25, -0.2) is 13.1 Å². The first-order valence-corrected chi connectivity index (χ1v) is 11.0. The van der Waals surface area contributed by atoms with Gasteiger partial charge in [0.15, 0.2) is 6.10 Å². The molecule has 2 rings (SSSR count). The molecule has 0 spiro atoms. The third kappa shape index (κ3) is 8.61. The molecule has 0 heterocycles. The Kier molecular flexibility index (Phi) is 9.12. The molecule has 172 valence electrons. The number of halogens is 3. The predicted octanol–water partition coefficient (Wildman–Crippen LogP) is 3.40. The van der Waals surface area contributed by atoms with Gasteiger partial charge in [-0.1, -0.05) is 41.9 Å². The standard InChI is InChI=1S/C20H19ClF2N2O6S/c1-13(19(27)25-15-7-8-17(16(21)11-15)31-20(22)23)30-18(26)12-24-32(28,29)10-9-14-5-3-2-4-6-14/h2-11,13,20,24H,12H2,1H3,(H,25,27)/b10-9+. The summed E-state index contributed by atoms with van der Waals surface area (Å²) in [6.45, 7) is -2.48. The van der Waals surface area contributed by atoms with E-state index in [-0.39, 0.29) is 16.5 Å². The van der Waals surface area contributed by atoms with Crippen LogP contribution in [0.4, 0.5) is 14.5 Å². The number of esters is 1. The number of alkyl halides is 2. The summed E-state index contributed by atoms with van der Waals surface area (Å²) in [5, 5.41) is 3.12. The maximum Gasteiger partial charge on any atom is 0.387 e. The molecule has 0 aliphatic carbocycles. The number of amides is 1. The number of ether oxygens (including phenoxy) is 2. The fourth-order valence-corrected chi connectivity index (χ4v) is 3.22. The summed E-state index contributed by atoms with van der Waals surface area (Å²) in [6, 6.07) is 12.2. The van der Waals surface area contributed by atoms with E-state index in [2.05, 4.69) is 10.1 Å². The zero-order chi connectivity index (χ0) is 23.7. The van der Waals surface area contributed by atoms with Crippen molar-refractivity contribution in [2.75, 3.05) is 11.9 Å². The average molecular weight is 489 g/mol. The van der Waals surface area contributed by atoms with Crippen LogP contribution in [0.1, 0.15) is 12.5 Å². The van der Waals surface area contributed by atoms with E-state index in [1.807, 2.05) is 4.72 Å². The Morgan fingerprint density at radius 2 is 1.84 bits per heavy atom. The zero-order valence-corrected chi connectivity index (χ0v) is 18.2. The highest BCUT2D eigenvalue weighted by Gasteiger charge is 2.20. The summed E-state index contributed by atoms with van der Waals surface area (Å²) in [5.74, 6) is -2.00. The van der Waals surface area contributed by atoms with Crippen molar-refractivity contribution in [3.63, 3.8) is 0 Å². The second-order valence-electron chi connectivity index (χ2n) is 6.22. The molecule has 8 nitrogen and oxygen atoms in total. The molecule has 2 N–H and O–H groups in total. The number of benzene rings is 2. The van der Waals surface area contributed by atoms with Gasteiger partial charge >= 0.3 is 12.6 Å². The minimum Gasteiger partial charge on any atom is -0.452 e. The van der Waals surface area contributed by atoms with Crippen LogP contribution in [0.3, 0.4) is 0 Å². The van der Waals surface area contributed by atoms with E-state index in [1.165, 1.54) is 25.1 Å². The molecule has 0 aliphatic heterocycles. The lowest BCUT2D eigenvalue weighted by Gasteiger charge is -2.14. The van der Waals surface area contributed by atoms with Gasteiger partial charge < -0.3 is 14.8 Å². The summed E-state index contributed by atoms with van der Waals surface area (Å²) in [5.41, 5.74) is 0.802. The van der Waals surface area contributed by atoms with Gasteiger partial charge in [0.2, 0.25) is 10.0 Å². The minimum atomic E-state index is -3.91. The van der Waals surface area contributed by atoms with Gasteiger partial charge in [-0.3, -0.25) is 9.59 Å². The SMILES string of the molecule is CC(OC(=O)CNS(=O)(=O)/C=C/c1ccccc1)C(=O)Nc1ccc(OC(F)F)c(Cl)c1. The summed E-state index contributed by atoms with van der Waals surface area (Å²) < 4.78 is 59.5. The Balaban J connectivity index is 1.84. The number of carbonyl (C=O) groups is 2. The van der Waals surface area contributed by atoms with Crippen molar-refractivity contribution < 1.29 is 36.3 Å². The van der Waals surface area contributed by atoms with Crippen molar-refractivity contribution in [1.29, 1.82) is 0 Å². The van der Waals surface area contributed by atoms with Crippen LogP contribution in [0.25, 0.3) is 6.08 Å². The van der Waals surface area contributed by atoms with Crippen molar-refractivity contribution in [3.8, 4) is 5.75 Å². The molecule has 0 aliphatic rings. The Morgan fingerprint density at radius 1 is 1.16 bits per heavy atom. The number of sulfonamides is 1. The van der Waals surface area contributed by atoms with Gasteiger partial charge in [0.05, 0.1) is 5.02 Å². The summed E-state index contributed by atoms with van der Waals surface area (Å²) in [7, 11) is -3.91. The van der Waals surface area contributed by atoms with E-state index < -0.39 is 41.2 Å². The van der Waals surface area contributed by atoms with E-state index >= 15 is 0 Å². The lowest BCUT2D eigenvalue weighted by molar-refractivity contribution is -0.151. The third-order valence-electron chi connectivity index (χ3n) is 3.75. The monoisotopic (exact) mass is 488 g/mol. The fraction of sp³-hybridized carbons (Fsp3) is 0.200. The van der Waals surface area contributed by atoms with Crippen LogP contribution in [0, 0.1) is 0 Å².